The first kappa shape index (κ1) is 15.6. The van der Waals surface area contributed by atoms with Crippen LogP contribution in [0.2, 0.25) is 5.02 Å². The number of hydrogen-bond acceptors (Lipinski definition) is 3. The van der Waals surface area contributed by atoms with Gasteiger partial charge >= 0.3 is 0 Å². The molecule has 1 N–H and O–H groups in total. The van der Waals surface area contributed by atoms with Gasteiger partial charge in [-0.3, -0.25) is 4.79 Å². The minimum Gasteiger partial charge on any atom is -0.492 e. The van der Waals surface area contributed by atoms with Crippen LogP contribution in [0.1, 0.15) is 13.3 Å². The predicted octanol–water partition coefficient (Wildman–Crippen LogP) is 2.69. The Bertz CT molecular complexity index is 484. The number of piperazine rings is 1. The van der Waals surface area contributed by atoms with E-state index in [2.05, 4.69) is 28.2 Å². The highest BCUT2D eigenvalue weighted by Crippen LogP contribution is 2.28. The van der Waals surface area contributed by atoms with Crippen LogP contribution in [0.5, 0.6) is 5.75 Å². The number of carbonyl (C=O) groups is 1. The Kier molecular flexibility index (Phi) is 5.69. The van der Waals surface area contributed by atoms with Crippen LogP contribution in [0.3, 0.4) is 0 Å². The zero-order valence-electron chi connectivity index (χ0n) is 11.4. The Morgan fingerprint density at radius 1 is 1.60 bits per heavy atom. The number of carbonyl (C=O) groups excluding carboxylic acids is 1. The topological polar surface area (TPSA) is 41.6 Å². The number of nitrogens with one attached hydrogen (secondary N) is 1. The van der Waals surface area contributed by atoms with E-state index in [-0.39, 0.29) is 5.91 Å². The molecule has 0 spiro atoms. The molecule has 1 unspecified atom stereocenters. The van der Waals surface area contributed by atoms with Crippen LogP contribution < -0.4 is 10.1 Å². The van der Waals surface area contributed by atoms with Crippen LogP contribution in [-0.4, -0.2) is 43.1 Å². The lowest BCUT2D eigenvalue weighted by atomic mass is 10.2. The Balaban J connectivity index is 1.79. The number of nitrogens with zero attached hydrogens (tertiary/aromatic N) is 1. The zero-order chi connectivity index (χ0) is 14.5. The molecular weight excluding hydrogens is 344 g/mol. The van der Waals surface area contributed by atoms with Crippen molar-refractivity contribution in [2.45, 2.75) is 19.4 Å². The molecule has 0 aliphatic carbocycles. The lowest BCUT2D eigenvalue weighted by molar-refractivity contribution is -0.132. The van der Waals surface area contributed by atoms with Crippen molar-refractivity contribution in [3.63, 3.8) is 0 Å². The molecule has 1 aliphatic heterocycles. The highest BCUT2D eigenvalue weighted by atomic mass is 79.9. The summed E-state index contributed by atoms with van der Waals surface area (Å²) in [5.41, 5.74) is 0. The average molecular weight is 362 g/mol. The molecule has 1 heterocycles. The molecule has 1 aliphatic rings. The van der Waals surface area contributed by atoms with Crippen LogP contribution in [0.4, 0.5) is 0 Å². The number of benzene rings is 1. The summed E-state index contributed by atoms with van der Waals surface area (Å²) >= 11 is 9.25. The van der Waals surface area contributed by atoms with Crippen molar-refractivity contribution in [1.29, 1.82) is 0 Å². The van der Waals surface area contributed by atoms with Crippen molar-refractivity contribution in [3.05, 3.63) is 27.7 Å². The smallest absolute Gasteiger partial charge is 0.226 e. The number of rotatable bonds is 4. The van der Waals surface area contributed by atoms with Gasteiger partial charge in [0.1, 0.15) is 5.75 Å². The second-order valence-electron chi connectivity index (χ2n) is 4.87. The van der Waals surface area contributed by atoms with Gasteiger partial charge in [0.2, 0.25) is 5.91 Å². The van der Waals surface area contributed by atoms with E-state index in [1.54, 1.807) is 18.2 Å². The molecule has 0 saturated carbocycles. The summed E-state index contributed by atoms with van der Waals surface area (Å²) in [5.74, 6) is 0.847. The minimum absolute atomic E-state index is 0.142. The van der Waals surface area contributed by atoms with Crippen LogP contribution in [0.25, 0.3) is 0 Å². The molecule has 0 radical (unpaired) electrons. The summed E-state index contributed by atoms with van der Waals surface area (Å²) in [5, 5.41) is 3.97. The summed E-state index contributed by atoms with van der Waals surface area (Å²) in [6, 6.07) is 5.70. The predicted molar refractivity (Wildman–Crippen MR) is 83.3 cm³/mol. The quantitative estimate of drug-likeness (QED) is 0.896. The fraction of sp³-hybridized carbons (Fsp3) is 0.500. The first-order chi connectivity index (χ1) is 9.56. The Hall–Kier alpha value is -0.780. The van der Waals surface area contributed by atoms with Crippen LogP contribution >= 0.6 is 27.5 Å². The molecule has 6 heteroatoms. The molecule has 1 fully saturated rings. The van der Waals surface area contributed by atoms with Crippen LogP contribution in [0, 0.1) is 0 Å². The maximum Gasteiger partial charge on any atom is 0.226 e. The SMILES string of the molecule is CC1CN(C(=O)CCOc2ccc(Cl)cc2Br)CCN1. The van der Waals surface area contributed by atoms with Gasteiger partial charge < -0.3 is 15.0 Å². The van der Waals surface area contributed by atoms with Crippen molar-refractivity contribution < 1.29 is 9.53 Å². The molecule has 0 bridgehead atoms. The summed E-state index contributed by atoms with van der Waals surface area (Å²) < 4.78 is 6.41. The van der Waals surface area contributed by atoms with E-state index in [9.17, 15) is 4.79 Å². The molecule has 1 atom stereocenters. The molecule has 1 saturated heterocycles. The highest BCUT2D eigenvalue weighted by molar-refractivity contribution is 9.10. The summed E-state index contributed by atoms with van der Waals surface area (Å²) in [4.78, 5) is 13.9. The van der Waals surface area contributed by atoms with Crippen molar-refractivity contribution in [1.82, 2.24) is 10.2 Å². The van der Waals surface area contributed by atoms with E-state index in [4.69, 9.17) is 16.3 Å². The fourth-order valence-electron chi connectivity index (χ4n) is 2.16. The van der Waals surface area contributed by atoms with Gasteiger partial charge in [0, 0.05) is 30.7 Å². The first-order valence-electron chi connectivity index (χ1n) is 6.65. The minimum atomic E-state index is 0.142. The molecule has 1 amide bonds. The second kappa shape index (κ2) is 7.29. The Morgan fingerprint density at radius 2 is 2.40 bits per heavy atom. The van der Waals surface area contributed by atoms with Gasteiger partial charge in [-0.1, -0.05) is 11.6 Å². The molecule has 2 rings (SSSR count). The maximum atomic E-state index is 12.1. The number of hydrogen-bond donors (Lipinski definition) is 1. The van der Waals surface area contributed by atoms with E-state index >= 15 is 0 Å². The average Bonchev–Trinajstić information content (AvgIpc) is 2.41. The number of halogens is 2. The van der Waals surface area contributed by atoms with E-state index in [1.807, 2.05) is 4.90 Å². The van der Waals surface area contributed by atoms with Gasteiger partial charge in [-0.05, 0) is 41.1 Å². The largest absolute Gasteiger partial charge is 0.492 e. The van der Waals surface area contributed by atoms with Crippen molar-refractivity contribution >= 4 is 33.4 Å². The van der Waals surface area contributed by atoms with E-state index in [0.717, 1.165) is 24.1 Å². The van der Waals surface area contributed by atoms with Gasteiger partial charge in [0.25, 0.3) is 0 Å². The maximum absolute atomic E-state index is 12.1. The zero-order valence-corrected chi connectivity index (χ0v) is 13.7. The standard InChI is InChI=1S/C14H18BrClN2O2/c1-10-9-18(6-5-17-10)14(19)4-7-20-13-3-2-11(16)8-12(13)15/h2-3,8,10,17H,4-7,9H2,1H3. The van der Waals surface area contributed by atoms with Gasteiger partial charge in [-0.2, -0.15) is 0 Å². The fourth-order valence-corrected chi connectivity index (χ4v) is 2.95. The van der Waals surface area contributed by atoms with Crippen molar-refractivity contribution in [2.24, 2.45) is 0 Å². The highest BCUT2D eigenvalue weighted by Gasteiger charge is 2.20. The molecule has 20 heavy (non-hydrogen) atoms. The second-order valence-corrected chi connectivity index (χ2v) is 6.16. The normalized spacial score (nSPS) is 18.9. The van der Waals surface area contributed by atoms with Crippen molar-refractivity contribution in [3.8, 4) is 5.75 Å². The van der Waals surface area contributed by atoms with Crippen LogP contribution in [0.15, 0.2) is 22.7 Å². The summed E-state index contributed by atoms with van der Waals surface area (Å²) in [6.07, 6.45) is 0.391. The Labute approximate surface area is 132 Å². The van der Waals surface area contributed by atoms with Gasteiger partial charge in [-0.25, -0.2) is 0 Å². The lowest BCUT2D eigenvalue weighted by Crippen LogP contribution is -2.51. The molecule has 0 aromatic heterocycles. The van der Waals surface area contributed by atoms with E-state index < -0.39 is 0 Å². The molecule has 110 valence electrons. The first-order valence-corrected chi connectivity index (χ1v) is 7.82. The third-order valence-corrected chi connectivity index (χ3v) is 4.04. The molecule has 4 nitrogen and oxygen atoms in total. The Morgan fingerprint density at radius 3 is 3.10 bits per heavy atom. The van der Waals surface area contributed by atoms with Crippen LogP contribution in [-0.2, 0) is 4.79 Å². The van der Waals surface area contributed by atoms with Gasteiger partial charge in [0.05, 0.1) is 17.5 Å². The lowest BCUT2D eigenvalue weighted by Gasteiger charge is -2.31. The van der Waals surface area contributed by atoms with Gasteiger partial charge in [-0.15, -0.1) is 0 Å². The van der Waals surface area contributed by atoms with E-state index in [0.29, 0.717) is 29.8 Å². The van der Waals surface area contributed by atoms with Crippen molar-refractivity contribution in [2.75, 3.05) is 26.2 Å². The molecule has 1 aromatic rings. The number of ether oxygens (including phenoxy) is 1. The third-order valence-electron chi connectivity index (χ3n) is 3.19. The summed E-state index contributed by atoms with van der Waals surface area (Å²) in [6.45, 7) is 4.85. The van der Waals surface area contributed by atoms with Gasteiger partial charge in [0.15, 0.2) is 0 Å². The number of amides is 1. The summed E-state index contributed by atoms with van der Waals surface area (Å²) in [7, 11) is 0. The molecule has 1 aromatic carbocycles. The third kappa shape index (κ3) is 4.36. The van der Waals surface area contributed by atoms with E-state index in [1.165, 1.54) is 0 Å². The molecular formula is C14H18BrClN2O2. The monoisotopic (exact) mass is 360 g/mol.